The Bertz CT molecular complexity index is 1030. The second kappa shape index (κ2) is 11.9. The minimum atomic E-state index is -0.669. The minimum Gasteiger partial charge on any atom is -0.309 e. The Labute approximate surface area is 200 Å². The van der Waals surface area contributed by atoms with Gasteiger partial charge < -0.3 is 5.32 Å². The third-order valence-electron chi connectivity index (χ3n) is 6.08. The van der Waals surface area contributed by atoms with E-state index in [9.17, 15) is 0 Å². The molecule has 0 saturated carbocycles. The summed E-state index contributed by atoms with van der Waals surface area (Å²) in [6.45, 7) is 6.48. The number of benzene rings is 4. The largest absolute Gasteiger partial charge is 0.309 e. The highest BCUT2D eigenvalue weighted by molar-refractivity contribution is 7.70. The lowest BCUT2D eigenvalue weighted by Crippen LogP contribution is -2.36. The fourth-order valence-electron chi connectivity index (χ4n) is 4.21. The molecule has 4 rings (SSSR count). The number of hydrogen-bond donors (Lipinski definition) is 1. The third kappa shape index (κ3) is 6.18. The normalized spacial score (nSPS) is 13.2. The first-order valence-electron chi connectivity index (χ1n) is 11.7. The van der Waals surface area contributed by atoms with Crippen LogP contribution in [0, 0.1) is 0 Å². The average Bonchev–Trinajstić information content (AvgIpc) is 2.90. The van der Waals surface area contributed by atoms with Gasteiger partial charge in [-0.1, -0.05) is 121 Å². The van der Waals surface area contributed by atoms with E-state index in [-0.39, 0.29) is 0 Å². The summed E-state index contributed by atoms with van der Waals surface area (Å²) in [6.07, 6.45) is 0. The van der Waals surface area contributed by atoms with Crippen LogP contribution in [-0.4, -0.2) is 17.8 Å². The van der Waals surface area contributed by atoms with E-state index in [4.69, 9.17) is 0 Å². The number of nitrogens with zero attached hydrogens (tertiary/aromatic N) is 1. The molecule has 4 aromatic rings. The van der Waals surface area contributed by atoms with Crippen LogP contribution in [0.3, 0.4) is 0 Å². The van der Waals surface area contributed by atoms with E-state index in [1.54, 1.807) is 0 Å². The van der Waals surface area contributed by atoms with Crippen molar-refractivity contribution in [1.29, 1.82) is 0 Å². The van der Waals surface area contributed by atoms with Gasteiger partial charge in [0.1, 0.15) is 0 Å². The molecule has 0 aliphatic rings. The third-order valence-corrected chi connectivity index (χ3v) is 8.71. The van der Waals surface area contributed by atoms with Crippen molar-refractivity contribution in [2.45, 2.75) is 25.9 Å². The van der Waals surface area contributed by atoms with Crippen LogP contribution >= 0.6 is 8.07 Å². The van der Waals surface area contributed by atoms with Crippen LogP contribution < -0.4 is 15.9 Å². The van der Waals surface area contributed by atoms with Gasteiger partial charge in [-0.3, -0.25) is 4.67 Å². The summed E-state index contributed by atoms with van der Waals surface area (Å²) in [5.41, 5.74) is 2.68. The lowest BCUT2D eigenvalue weighted by atomic mass is 10.1. The van der Waals surface area contributed by atoms with E-state index in [0.717, 1.165) is 13.1 Å². The molecule has 0 saturated heterocycles. The predicted molar refractivity (Wildman–Crippen MR) is 143 cm³/mol. The van der Waals surface area contributed by atoms with Crippen LogP contribution in [0.15, 0.2) is 121 Å². The van der Waals surface area contributed by atoms with Crippen molar-refractivity contribution in [3.63, 3.8) is 0 Å². The maximum Gasteiger partial charge on any atom is 0.0362 e. The van der Waals surface area contributed by atoms with Gasteiger partial charge in [0.25, 0.3) is 0 Å². The number of nitrogens with one attached hydrogen (secondary N) is 1. The van der Waals surface area contributed by atoms with Crippen LogP contribution in [0.1, 0.15) is 37.1 Å². The molecule has 0 amide bonds. The van der Waals surface area contributed by atoms with E-state index in [0.29, 0.717) is 12.1 Å². The summed E-state index contributed by atoms with van der Waals surface area (Å²) in [6, 6.07) is 44.2. The van der Waals surface area contributed by atoms with Crippen molar-refractivity contribution in [3.8, 4) is 0 Å². The second-order valence-electron chi connectivity index (χ2n) is 8.32. The summed E-state index contributed by atoms with van der Waals surface area (Å²) in [4.78, 5) is 0. The van der Waals surface area contributed by atoms with Gasteiger partial charge in [-0.15, -0.1) is 0 Å². The molecule has 0 fully saturated rings. The molecule has 1 N–H and O–H groups in total. The molecular formula is C30H33N2P. The van der Waals surface area contributed by atoms with Crippen LogP contribution in [0.5, 0.6) is 0 Å². The van der Waals surface area contributed by atoms with E-state index < -0.39 is 8.07 Å². The Morgan fingerprint density at radius 3 is 1.52 bits per heavy atom. The van der Waals surface area contributed by atoms with Crippen molar-refractivity contribution in [2.75, 3.05) is 13.1 Å². The van der Waals surface area contributed by atoms with Gasteiger partial charge in [0, 0.05) is 33.2 Å². The first kappa shape index (κ1) is 23.4. The maximum absolute atomic E-state index is 3.76. The van der Waals surface area contributed by atoms with E-state index in [2.05, 4.69) is 145 Å². The van der Waals surface area contributed by atoms with Crippen molar-refractivity contribution in [3.05, 3.63) is 132 Å². The van der Waals surface area contributed by atoms with Crippen molar-refractivity contribution in [1.82, 2.24) is 9.99 Å². The van der Waals surface area contributed by atoms with Crippen LogP contribution in [0.2, 0.25) is 0 Å². The molecule has 0 aromatic heterocycles. The zero-order valence-corrected chi connectivity index (χ0v) is 20.4. The van der Waals surface area contributed by atoms with Crippen molar-refractivity contribution < 1.29 is 0 Å². The van der Waals surface area contributed by atoms with Crippen LogP contribution in [0.25, 0.3) is 0 Å². The molecule has 0 heterocycles. The second-order valence-corrected chi connectivity index (χ2v) is 10.5. The molecule has 3 heteroatoms. The quantitative estimate of drug-likeness (QED) is 0.278. The minimum absolute atomic E-state index is 0.298. The fourth-order valence-corrected chi connectivity index (χ4v) is 6.79. The molecular weight excluding hydrogens is 419 g/mol. The Morgan fingerprint density at radius 1 is 0.606 bits per heavy atom. The number of rotatable bonds is 10. The molecule has 0 aliphatic carbocycles. The van der Waals surface area contributed by atoms with Gasteiger partial charge in [-0.2, -0.15) is 0 Å². The maximum atomic E-state index is 3.76. The van der Waals surface area contributed by atoms with Gasteiger partial charge in [0.05, 0.1) is 0 Å². The topological polar surface area (TPSA) is 15.3 Å². The summed E-state index contributed by atoms with van der Waals surface area (Å²) in [5, 5.41) is 6.54. The Morgan fingerprint density at radius 2 is 1.03 bits per heavy atom. The molecule has 0 spiro atoms. The molecule has 33 heavy (non-hydrogen) atoms. The molecule has 0 aliphatic heterocycles. The van der Waals surface area contributed by atoms with Gasteiger partial charge in [0.15, 0.2) is 0 Å². The summed E-state index contributed by atoms with van der Waals surface area (Å²) >= 11 is 0. The summed E-state index contributed by atoms with van der Waals surface area (Å²) < 4.78 is 2.69. The lowest BCUT2D eigenvalue weighted by Gasteiger charge is -2.37. The predicted octanol–water partition coefficient (Wildman–Crippen LogP) is 6.45. The Balaban J connectivity index is 1.63. The first-order valence-corrected chi connectivity index (χ1v) is 13.0. The lowest BCUT2D eigenvalue weighted by molar-refractivity contribution is 0.362. The molecule has 0 bridgehead atoms. The zero-order chi connectivity index (χ0) is 22.9. The van der Waals surface area contributed by atoms with Gasteiger partial charge >= 0.3 is 0 Å². The standard InChI is InChI=1S/C30H33N2P/c1-25(27-15-7-3-8-16-27)31-23-24-32(26(2)28-17-9-4-10-18-28)33(29-19-11-5-12-20-29)30-21-13-6-14-22-30/h3-22,25-26,31H,23-24H2,1-2H3. The fraction of sp³-hybridized carbons (Fsp3) is 0.200. The highest BCUT2D eigenvalue weighted by Crippen LogP contribution is 2.44. The molecule has 4 aromatic carbocycles. The zero-order valence-electron chi connectivity index (χ0n) is 19.5. The van der Waals surface area contributed by atoms with Gasteiger partial charge in [0.2, 0.25) is 0 Å². The van der Waals surface area contributed by atoms with Crippen molar-refractivity contribution in [2.24, 2.45) is 0 Å². The SMILES string of the molecule is CC(NCCN(C(C)c1ccccc1)P(c1ccccc1)c1ccccc1)c1ccccc1. The van der Waals surface area contributed by atoms with E-state index in [1.807, 2.05) is 0 Å². The first-order chi connectivity index (χ1) is 16.2. The number of hydrogen-bond acceptors (Lipinski definition) is 2. The van der Waals surface area contributed by atoms with Crippen LogP contribution in [-0.2, 0) is 0 Å². The highest BCUT2D eigenvalue weighted by atomic mass is 31.1. The van der Waals surface area contributed by atoms with Gasteiger partial charge in [-0.05, 0) is 35.6 Å². The smallest absolute Gasteiger partial charge is 0.0362 e. The molecule has 2 atom stereocenters. The molecule has 168 valence electrons. The van der Waals surface area contributed by atoms with Crippen molar-refractivity contribution >= 4 is 18.7 Å². The molecule has 2 unspecified atom stereocenters. The summed E-state index contributed by atoms with van der Waals surface area (Å²) in [5.74, 6) is 0. The molecule has 2 nitrogen and oxygen atoms in total. The van der Waals surface area contributed by atoms with Gasteiger partial charge in [-0.25, -0.2) is 0 Å². The monoisotopic (exact) mass is 452 g/mol. The average molecular weight is 453 g/mol. The Hall–Kier alpha value is -2.77. The highest BCUT2D eigenvalue weighted by Gasteiger charge is 2.27. The van der Waals surface area contributed by atoms with E-state index >= 15 is 0 Å². The summed E-state index contributed by atoms with van der Waals surface area (Å²) in [7, 11) is -0.669. The van der Waals surface area contributed by atoms with E-state index in [1.165, 1.54) is 21.7 Å². The molecule has 0 radical (unpaired) electrons. The van der Waals surface area contributed by atoms with Crippen LogP contribution in [0.4, 0.5) is 0 Å². The Kier molecular flexibility index (Phi) is 8.44.